The van der Waals surface area contributed by atoms with E-state index in [1.54, 1.807) is 6.20 Å². The van der Waals surface area contributed by atoms with Gasteiger partial charge in [0.15, 0.2) is 0 Å². The summed E-state index contributed by atoms with van der Waals surface area (Å²) in [6.45, 7) is 16.1. The fourth-order valence-electron chi connectivity index (χ4n) is 1.89. The van der Waals surface area contributed by atoms with Gasteiger partial charge in [-0.1, -0.05) is 25.3 Å². The lowest BCUT2D eigenvalue weighted by atomic mass is 9.96. The molecule has 1 aliphatic heterocycles. The fourth-order valence-corrected chi connectivity index (χ4v) is 1.89. The molecule has 0 bridgehead atoms. The minimum atomic E-state index is 0.196. The van der Waals surface area contributed by atoms with Crippen LogP contribution in [0.2, 0.25) is 0 Å². The van der Waals surface area contributed by atoms with Crippen LogP contribution in [0, 0.1) is 0 Å². The van der Waals surface area contributed by atoms with Crippen LogP contribution >= 0.6 is 0 Å². The Morgan fingerprint density at radius 3 is 2.50 bits per heavy atom. The molecule has 88 valence electrons. The van der Waals surface area contributed by atoms with E-state index >= 15 is 0 Å². The molecule has 0 saturated carbocycles. The van der Waals surface area contributed by atoms with E-state index < -0.39 is 0 Å². The van der Waals surface area contributed by atoms with E-state index in [1.165, 1.54) is 5.57 Å². The first-order valence-electron chi connectivity index (χ1n) is 5.73. The van der Waals surface area contributed by atoms with E-state index in [4.69, 9.17) is 0 Å². The highest BCUT2D eigenvalue weighted by Crippen LogP contribution is 2.22. The number of piperidine rings is 1. The van der Waals surface area contributed by atoms with Crippen molar-refractivity contribution < 1.29 is 0 Å². The molecular weight excluding hydrogens is 196 g/mol. The molecule has 0 atom stereocenters. The Morgan fingerprint density at radius 1 is 1.31 bits per heavy atom. The second-order valence-corrected chi connectivity index (χ2v) is 5.03. The van der Waals surface area contributed by atoms with E-state index in [9.17, 15) is 0 Å². The molecule has 0 aromatic carbocycles. The van der Waals surface area contributed by atoms with Crippen LogP contribution in [0.3, 0.4) is 0 Å². The molecule has 0 aromatic heterocycles. The molecule has 0 amide bonds. The monoisotopic (exact) mass is 218 g/mol. The minimum Gasteiger partial charge on any atom is -0.292 e. The molecule has 0 aromatic rings. The van der Waals surface area contributed by atoms with Crippen LogP contribution in [0.25, 0.3) is 0 Å². The summed E-state index contributed by atoms with van der Waals surface area (Å²) < 4.78 is 0. The molecule has 2 nitrogen and oxygen atoms in total. The third-order valence-corrected chi connectivity index (χ3v) is 2.88. The molecule has 0 unspecified atom stereocenters. The van der Waals surface area contributed by atoms with Gasteiger partial charge >= 0.3 is 0 Å². The van der Waals surface area contributed by atoms with Crippen LogP contribution in [0.15, 0.2) is 42.1 Å². The van der Waals surface area contributed by atoms with Gasteiger partial charge in [0.05, 0.1) is 5.71 Å². The zero-order valence-corrected chi connectivity index (χ0v) is 10.7. The van der Waals surface area contributed by atoms with Crippen LogP contribution < -0.4 is 0 Å². The number of likely N-dealkylation sites (tertiary alicyclic amines) is 1. The Kier molecular flexibility index (Phi) is 4.25. The summed E-state index contributed by atoms with van der Waals surface area (Å²) >= 11 is 0. The Morgan fingerprint density at radius 2 is 2.00 bits per heavy atom. The Labute approximate surface area is 99.1 Å². The first kappa shape index (κ1) is 12.9. The molecule has 1 saturated heterocycles. The predicted octanol–water partition coefficient (Wildman–Crippen LogP) is 3.19. The van der Waals surface area contributed by atoms with Gasteiger partial charge in [0, 0.05) is 24.8 Å². The van der Waals surface area contributed by atoms with Crippen molar-refractivity contribution in [3.63, 3.8) is 0 Å². The minimum absolute atomic E-state index is 0.196. The lowest BCUT2D eigenvalue weighted by Gasteiger charge is -2.39. The number of hydrogen-bond donors (Lipinski definition) is 0. The maximum absolute atomic E-state index is 4.37. The summed E-state index contributed by atoms with van der Waals surface area (Å²) in [5, 5.41) is 0. The smallest absolute Gasteiger partial charge is 0.0576 e. The highest BCUT2D eigenvalue weighted by atomic mass is 15.2. The third-order valence-electron chi connectivity index (χ3n) is 2.88. The van der Waals surface area contributed by atoms with Gasteiger partial charge in [-0.2, -0.15) is 0 Å². The van der Waals surface area contributed by atoms with Gasteiger partial charge in [-0.15, -0.1) is 0 Å². The van der Waals surface area contributed by atoms with Gasteiger partial charge in [-0.25, -0.2) is 0 Å². The van der Waals surface area contributed by atoms with Gasteiger partial charge in [-0.3, -0.25) is 9.89 Å². The van der Waals surface area contributed by atoms with Crippen molar-refractivity contribution in [1.29, 1.82) is 0 Å². The Bertz CT molecular complexity index is 329. The second-order valence-electron chi connectivity index (χ2n) is 5.03. The summed E-state index contributed by atoms with van der Waals surface area (Å²) in [4.78, 5) is 6.81. The standard InChI is InChI=1S/C14H22N2/c1-6-8-12-9-10-16(14(3,4)5)11-13(12)15-7-2/h6-8H,1-2,9-11H2,3-5H3/b12-8-,15-13-. The van der Waals surface area contributed by atoms with E-state index in [2.05, 4.69) is 49.9 Å². The summed E-state index contributed by atoms with van der Waals surface area (Å²) in [6, 6.07) is 0. The van der Waals surface area contributed by atoms with Crippen molar-refractivity contribution in [2.45, 2.75) is 32.7 Å². The fraction of sp³-hybridized carbons (Fsp3) is 0.500. The zero-order chi connectivity index (χ0) is 12.2. The molecule has 0 N–H and O–H groups in total. The number of allylic oxidation sites excluding steroid dienone is 2. The van der Waals surface area contributed by atoms with Crippen molar-refractivity contribution >= 4 is 5.71 Å². The van der Waals surface area contributed by atoms with Crippen molar-refractivity contribution in [3.05, 3.63) is 37.1 Å². The van der Waals surface area contributed by atoms with E-state index in [1.807, 2.05) is 6.08 Å². The first-order chi connectivity index (χ1) is 7.49. The van der Waals surface area contributed by atoms with Crippen molar-refractivity contribution in [3.8, 4) is 0 Å². The van der Waals surface area contributed by atoms with E-state index in [0.717, 1.165) is 25.2 Å². The molecule has 16 heavy (non-hydrogen) atoms. The summed E-state index contributed by atoms with van der Waals surface area (Å²) in [6.07, 6.45) is 6.55. The summed E-state index contributed by atoms with van der Waals surface area (Å²) in [5.41, 5.74) is 2.60. The average Bonchev–Trinajstić information content (AvgIpc) is 2.19. The highest BCUT2D eigenvalue weighted by Gasteiger charge is 2.27. The lowest BCUT2D eigenvalue weighted by Crippen LogP contribution is -2.48. The van der Waals surface area contributed by atoms with Gasteiger partial charge in [0.2, 0.25) is 0 Å². The van der Waals surface area contributed by atoms with Gasteiger partial charge in [-0.05, 0) is 32.8 Å². The molecular formula is C14H22N2. The Balaban J connectivity index is 2.89. The molecule has 0 spiro atoms. The van der Waals surface area contributed by atoms with E-state index in [-0.39, 0.29) is 5.54 Å². The maximum atomic E-state index is 4.37. The largest absolute Gasteiger partial charge is 0.292 e. The predicted molar refractivity (Wildman–Crippen MR) is 71.9 cm³/mol. The van der Waals surface area contributed by atoms with Crippen LogP contribution in [0.4, 0.5) is 0 Å². The normalized spacial score (nSPS) is 23.7. The zero-order valence-electron chi connectivity index (χ0n) is 10.7. The molecule has 1 fully saturated rings. The van der Waals surface area contributed by atoms with Crippen LogP contribution in [0.5, 0.6) is 0 Å². The second kappa shape index (κ2) is 5.26. The van der Waals surface area contributed by atoms with Crippen LogP contribution in [-0.2, 0) is 0 Å². The van der Waals surface area contributed by atoms with Gasteiger partial charge in [0.25, 0.3) is 0 Å². The topological polar surface area (TPSA) is 15.6 Å². The molecule has 1 rings (SSSR count). The van der Waals surface area contributed by atoms with Crippen molar-refractivity contribution in [2.75, 3.05) is 13.1 Å². The average molecular weight is 218 g/mol. The summed E-state index contributed by atoms with van der Waals surface area (Å²) in [7, 11) is 0. The molecule has 2 heteroatoms. The third kappa shape index (κ3) is 3.17. The highest BCUT2D eigenvalue weighted by molar-refractivity contribution is 6.03. The van der Waals surface area contributed by atoms with Crippen molar-refractivity contribution in [2.24, 2.45) is 4.99 Å². The van der Waals surface area contributed by atoms with Crippen LogP contribution in [0.1, 0.15) is 27.2 Å². The molecule has 0 radical (unpaired) electrons. The first-order valence-corrected chi connectivity index (χ1v) is 5.73. The SMILES string of the molecule is C=C/C=C1/CCN(C(C)(C)C)C/C1=N/C=C. The number of hydrogen-bond acceptors (Lipinski definition) is 2. The maximum Gasteiger partial charge on any atom is 0.0576 e. The quantitative estimate of drug-likeness (QED) is 0.695. The molecule has 0 aliphatic carbocycles. The van der Waals surface area contributed by atoms with Gasteiger partial charge in [0.1, 0.15) is 0 Å². The van der Waals surface area contributed by atoms with Crippen LogP contribution in [-0.4, -0.2) is 29.2 Å². The lowest BCUT2D eigenvalue weighted by molar-refractivity contribution is 0.156. The molecule has 1 heterocycles. The number of nitrogens with zero attached hydrogens (tertiary/aromatic N) is 2. The number of rotatable bonds is 2. The number of aliphatic imine (C=N–C) groups is 1. The molecule has 1 aliphatic rings. The van der Waals surface area contributed by atoms with Gasteiger partial charge < -0.3 is 0 Å². The Hall–Kier alpha value is -1.15. The van der Waals surface area contributed by atoms with Crippen molar-refractivity contribution in [1.82, 2.24) is 4.90 Å². The van der Waals surface area contributed by atoms with E-state index in [0.29, 0.717) is 0 Å². The summed E-state index contributed by atoms with van der Waals surface area (Å²) in [5.74, 6) is 0.